The van der Waals surface area contributed by atoms with Gasteiger partial charge >= 0.3 is 0 Å². The zero-order chi connectivity index (χ0) is 16.6. The molecule has 0 radical (unpaired) electrons. The van der Waals surface area contributed by atoms with Crippen LogP contribution in [-0.2, 0) is 4.74 Å². The summed E-state index contributed by atoms with van der Waals surface area (Å²) in [6, 6.07) is 8.58. The van der Waals surface area contributed by atoms with Crippen molar-refractivity contribution in [3.05, 3.63) is 36.0 Å². The van der Waals surface area contributed by atoms with Crippen molar-refractivity contribution in [3.63, 3.8) is 0 Å². The minimum Gasteiger partial charge on any atom is -0.375 e. The predicted molar refractivity (Wildman–Crippen MR) is 92.8 cm³/mol. The number of hydrogen-bond donors (Lipinski definition) is 1. The maximum Gasteiger partial charge on any atom is 0.251 e. The first-order valence-corrected chi connectivity index (χ1v) is 8.41. The van der Waals surface area contributed by atoms with Crippen LogP contribution in [0.15, 0.2) is 30.5 Å². The van der Waals surface area contributed by atoms with E-state index in [1.165, 1.54) is 5.39 Å². The Labute approximate surface area is 137 Å². The molecule has 0 spiro atoms. The summed E-state index contributed by atoms with van der Waals surface area (Å²) >= 11 is 0. The van der Waals surface area contributed by atoms with Crippen LogP contribution in [0.25, 0.3) is 10.9 Å². The molecule has 1 atom stereocenters. The van der Waals surface area contributed by atoms with Crippen molar-refractivity contribution in [2.75, 3.05) is 6.61 Å². The summed E-state index contributed by atoms with van der Waals surface area (Å²) in [5.74, 6) is 0.00565. The largest absolute Gasteiger partial charge is 0.375 e. The lowest BCUT2D eigenvalue weighted by molar-refractivity contribution is -0.0615. The number of benzene rings is 1. The van der Waals surface area contributed by atoms with E-state index in [1.807, 2.05) is 18.2 Å². The maximum atomic E-state index is 12.6. The van der Waals surface area contributed by atoms with Crippen molar-refractivity contribution >= 4 is 16.8 Å². The molecule has 4 nitrogen and oxygen atoms in total. The molecule has 1 saturated heterocycles. The van der Waals surface area contributed by atoms with Gasteiger partial charge in [-0.3, -0.25) is 4.79 Å². The van der Waals surface area contributed by atoms with Crippen molar-refractivity contribution in [1.82, 2.24) is 9.88 Å². The van der Waals surface area contributed by atoms with Gasteiger partial charge in [0.05, 0.1) is 5.60 Å². The molecule has 4 heteroatoms. The first-order valence-electron chi connectivity index (χ1n) is 8.41. The molecule has 3 rings (SSSR count). The Balaban J connectivity index is 1.79. The molecule has 0 aliphatic carbocycles. The third-order valence-electron chi connectivity index (χ3n) is 4.57. The highest BCUT2D eigenvalue weighted by Crippen LogP contribution is 2.25. The second-order valence-electron chi connectivity index (χ2n) is 7.36. The normalized spacial score (nSPS) is 20.8. The SMILES string of the molecule is CC(C)n1ccc2ccc(C(=O)NC3CCOC(C)(C)C3)cc21. The average molecular weight is 314 g/mol. The number of hydrogen-bond acceptors (Lipinski definition) is 2. The number of ether oxygens (including phenoxy) is 1. The lowest BCUT2D eigenvalue weighted by Gasteiger charge is -2.35. The Morgan fingerprint density at radius 3 is 2.83 bits per heavy atom. The van der Waals surface area contributed by atoms with E-state index in [0.717, 1.165) is 23.9 Å². The van der Waals surface area contributed by atoms with Crippen molar-refractivity contribution in [3.8, 4) is 0 Å². The fourth-order valence-corrected chi connectivity index (χ4v) is 3.36. The first-order chi connectivity index (χ1) is 10.9. The molecule has 23 heavy (non-hydrogen) atoms. The van der Waals surface area contributed by atoms with E-state index in [0.29, 0.717) is 12.6 Å². The Hall–Kier alpha value is -1.81. The van der Waals surface area contributed by atoms with E-state index < -0.39 is 0 Å². The highest BCUT2D eigenvalue weighted by molar-refractivity contribution is 5.98. The van der Waals surface area contributed by atoms with E-state index >= 15 is 0 Å². The number of rotatable bonds is 3. The summed E-state index contributed by atoms with van der Waals surface area (Å²) in [5.41, 5.74) is 1.68. The minimum absolute atomic E-state index is 0.00565. The number of aromatic nitrogens is 1. The summed E-state index contributed by atoms with van der Waals surface area (Å²) in [6.07, 6.45) is 3.81. The van der Waals surface area contributed by atoms with Crippen molar-refractivity contribution in [1.29, 1.82) is 0 Å². The van der Waals surface area contributed by atoms with Crippen LogP contribution in [0.1, 0.15) is 56.9 Å². The highest BCUT2D eigenvalue weighted by atomic mass is 16.5. The Bertz CT molecular complexity index is 715. The van der Waals surface area contributed by atoms with Crippen molar-refractivity contribution in [2.45, 2.75) is 58.2 Å². The van der Waals surface area contributed by atoms with Crippen LogP contribution in [0.2, 0.25) is 0 Å². The predicted octanol–water partition coefficient (Wildman–Crippen LogP) is 3.91. The molecule has 1 amide bonds. The van der Waals surface area contributed by atoms with Gasteiger partial charge in [-0.2, -0.15) is 0 Å². The molecule has 1 aromatic carbocycles. The average Bonchev–Trinajstić information content (AvgIpc) is 2.89. The fraction of sp³-hybridized carbons (Fsp3) is 0.526. The summed E-state index contributed by atoms with van der Waals surface area (Å²) < 4.78 is 7.92. The van der Waals surface area contributed by atoms with Crippen LogP contribution in [0.5, 0.6) is 0 Å². The topological polar surface area (TPSA) is 43.3 Å². The summed E-state index contributed by atoms with van der Waals surface area (Å²) in [5, 5.41) is 4.34. The highest BCUT2D eigenvalue weighted by Gasteiger charge is 2.29. The second kappa shape index (κ2) is 6.00. The maximum absolute atomic E-state index is 12.6. The summed E-state index contributed by atoms with van der Waals surface area (Å²) in [7, 11) is 0. The third-order valence-corrected chi connectivity index (χ3v) is 4.57. The smallest absolute Gasteiger partial charge is 0.251 e. The molecule has 1 N–H and O–H groups in total. The van der Waals surface area contributed by atoms with Crippen LogP contribution in [0.3, 0.4) is 0 Å². The Kier molecular flexibility index (Phi) is 4.19. The molecule has 1 fully saturated rings. The number of nitrogens with zero attached hydrogens (tertiary/aromatic N) is 1. The van der Waals surface area contributed by atoms with Crippen LogP contribution >= 0.6 is 0 Å². The van der Waals surface area contributed by atoms with Gasteiger partial charge in [0.1, 0.15) is 0 Å². The fourth-order valence-electron chi connectivity index (χ4n) is 3.36. The van der Waals surface area contributed by atoms with Gasteiger partial charge in [-0.15, -0.1) is 0 Å². The number of amides is 1. The molecular formula is C19H26N2O2. The molecule has 1 aliphatic heterocycles. The lowest BCUT2D eigenvalue weighted by atomic mass is 9.93. The number of fused-ring (bicyclic) bond motifs is 1. The molecular weight excluding hydrogens is 288 g/mol. The van der Waals surface area contributed by atoms with Crippen molar-refractivity contribution < 1.29 is 9.53 Å². The van der Waals surface area contributed by atoms with Gasteiger partial charge < -0.3 is 14.6 Å². The van der Waals surface area contributed by atoms with Gasteiger partial charge in [0.15, 0.2) is 0 Å². The number of carbonyl (C=O) groups is 1. The molecule has 0 saturated carbocycles. The molecule has 2 heterocycles. The van der Waals surface area contributed by atoms with Crippen molar-refractivity contribution in [2.24, 2.45) is 0 Å². The van der Waals surface area contributed by atoms with Crippen LogP contribution < -0.4 is 5.32 Å². The molecule has 1 aliphatic rings. The second-order valence-corrected chi connectivity index (χ2v) is 7.36. The summed E-state index contributed by atoms with van der Waals surface area (Å²) in [6.45, 7) is 9.15. The van der Waals surface area contributed by atoms with Gasteiger partial charge in [0, 0.05) is 36.0 Å². The summed E-state index contributed by atoms with van der Waals surface area (Å²) in [4.78, 5) is 12.6. The van der Waals surface area contributed by atoms with Gasteiger partial charge in [0.25, 0.3) is 5.91 Å². The zero-order valence-electron chi connectivity index (χ0n) is 14.4. The van der Waals surface area contributed by atoms with Gasteiger partial charge in [-0.1, -0.05) is 6.07 Å². The quantitative estimate of drug-likeness (QED) is 0.933. The Morgan fingerprint density at radius 1 is 1.35 bits per heavy atom. The molecule has 124 valence electrons. The van der Waals surface area contributed by atoms with E-state index in [4.69, 9.17) is 4.74 Å². The molecule has 2 aromatic rings. The monoisotopic (exact) mass is 314 g/mol. The van der Waals surface area contributed by atoms with Crippen LogP contribution in [0.4, 0.5) is 0 Å². The minimum atomic E-state index is -0.160. The first kappa shape index (κ1) is 16.1. The van der Waals surface area contributed by atoms with Crippen LogP contribution in [0, 0.1) is 0 Å². The standard InChI is InChI=1S/C19H26N2O2/c1-13(2)21-9-7-14-5-6-15(11-17(14)21)18(22)20-16-8-10-23-19(3,4)12-16/h5-7,9,11,13,16H,8,10,12H2,1-4H3,(H,20,22). The number of nitrogens with one attached hydrogen (secondary N) is 1. The van der Waals surface area contributed by atoms with E-state index in [2.05, 4.69) is 49.8 Å². The molecule has 1 unspecified atom stereocenters. The molecule has 1 aromatic heterocycles. The molecule has 0 bridgehead atoms. The van der Waals surface area contributed by atoms with E-state index in [-0.39, 0.29) is 17.6 Å². The van der Waals surface area contributed by atoms with Gasteiger partial charge in [-0.05, 0) is 64.1 Å². The van der Waals surface area contributed by atoms with Gasteiger partial charge in [0.2, 0.25) is 0 Å². The zero-order valence-corrected chi connectivity index (χ0v) is 14.4. The van der Waals surface area contributed by atoms with Gasteiger partial charge in [-0.25, -0.2) is 0 Å². The number of carbonyl (C=O) groups excluding carboxylic acids is 1. The van der Waals surface area contributed by atoms with Crippen LogP contribution in [-0.4, -0.2) is 28.7 Å². The van der Waals surface area contributed by atoms with E-state index in [1.54, 1.807) is 0 Å². The van der Waals surface area contributed by atoms with E-state index in [9.17, 15) is 4.79 Å². The Morgan fingerprint density at radius 2 is 2.13 bits per heavy atom. The lowest BCUT2D eigenvalue weighted by Crippen LogP contribution is -2.45. The third kappa shape index (κ3) is 3.42.